The van der Waals surface area contributed by atoms with Gasteiger partial charge < -0.3 is 5.73 Å². The molecule has 15 heavy (non-hydrogen) atoms. The first-order chi connectivity index (χ1) is 7.24. The lowest BCUT2D eigenvalue weighted by Gasteiger charge is -2.33. The van der Waals surface area contributed by atoms with Crippen LogP contribution < -0.4 is 5.73 Å². The summed E-state index contributed by atoms with van der Waals surface area (Å²) in [6, 6.07) is 7.74. The number of rotatable bonds is 1. The molecule has 0 aromatic heterocycles. The summed E-state index contributed by atoms with van der Waals surface area (Å²) in [7, 11) is 0. The van der Waals surface area contributed by atoms with Crippen molar-refractivity contribution in [3.05, 3.63) is 34.9 Å². The van der Waals surface area contributed by atoms with Crippen LogP contribution in [0.1, 0.15) is 35.6 Å². The maximum atomic E-state index is 6.23. The normalized spacial score (nSPS) is 26.4. The van der Waals surface area contributed by atoms with Gasteiger partial charge in [-0.25, -0.2) is 0 Å². The monoisotopic (exact) mass is 202 g/mol. The van der Waals surface area contributed by atoms with Crippen LogP contribution in [0.2, 0.25) is 0 Å². The average molecular weight is 202 g/mol. The molecule has 1 fully saturated rings. The number of hydrogen-bond acceptors (Lipinski definition) is 2. The maximum absolute atomic E-state index is 6.23. The lowest BCUT2D eigenvalue weighted by molar-refractivity contribution is 0.221. The summed E-state index contributed by atoms with van der Waals surface area (Å²) < 4.78 is 0. The second-order valence-corrected chi connectivity index (χ2v) is 4.97. The number of aryl methyl sites for hydroxylation is 1. The molecule has 2 aliphatic rings. The Balaban J connectivity index is 1.93. The predicted molar refractivity (Wildman–Crippen MR) is 61.5 cm³/mol. The van der Waals surface area contributed by atoms with Gasteiger partial charge in [-0.05, 0) is 30.9 Å². The molecule has 1 saturated carbocycles. The quantitative estimate of drug-likeness (QED) is 0.754. The van der Waals surface area contributed by atoms with Gasteiger partial charge in [0.25, 0.3) is 0 Å². The molecule has 0 spiro atoms. The van der Waals surface area contributed by atoms with E-state index in [-0.39, 0.29) is 6.04 Å². The largest absolute Gasteiger partial charge is 0.323 e. The van der Waals surface area contributed by atoms with Crippen LogP contribution in [0.25, 0.3) is 0 Å². The van der Waals surface area contributed by atoms with Gasteiger partial charge in [0.15, 0.2) is 0 Å². The van der Waals surface area contributed by atoms with Gasteiger partial charge in [0.1, 0.15) is 0 Å². The van der Waals surface area contributed by atoms with E-state index < -0.39 is 0 Å². The van der Waals surface area contributed by atoms with Gasteiger partial charge in [0, 0.05) is 25.2 Å². The predicted octanol–water partition coefficient (Wildman–Crippen LogP) is 1.97. The molecule has 0 bridgehead atoms. The van der Waals surface area contributed by atoms with E-state index in [1.54, 1.807) is 0 Å². The first-order valence-electron chi connectivity index (χ1n) is 5.83. The van der Waals surface area contributed by atoms with Crippen molar-refractivity contribution in [1.82, 2.24) is 4.90 Å². The Morgan fingerprint density at radius 3 is 2.87 bits per heavy atom. The van der Waals surface area contributed by atoms with Gasteiger partial charge in [-0.15, -0.1) is 0 Å². The second-order valence-electron chi connectivity index (χ2n) is 4.97. The number of hydrogen-bond donors (Lipinski definition) is 1. The highest BCUT2D eigenvalue weighted by molar-refractivity contribution is 5.35. The topological polar surface area (TPSA) is 29.3 Å². The number of nitrogens with two attached hydrogens (primary N) is 1. The zero-order chi connectivity index (χ0) is 10.4. The molecule has 1 aliphatic carbocycles. The highest BCUT2D eigenvalue weighted by atomic mass is 15.2. The van der Waals surface area contributed by atoms with Crippen molar-refractivity contribution in [3.63, 3.8) is 0 Å². The van der Waals surface area contributed by atoms with Crippen LogP contribution in [0, 0.1) is 6.92 Å². The van der Waals surface area contributed by atoms with Crippen LogP contribution in [0.5, 0.6) is 0 Å². The van der Waals surface area contributed by atoms with Crippen molar-refractivity contribution in [2.45, 2.75) is 38.4 Å². The van der Waals surface area contributed by atoms with E-state index in [2.05, 4.69) is 30.0 Å². The van der Waals surface area contributed by atoms with Gasteiger partial charge in [0.05, 0.1) is 0 Å². The molecule has 0 amide bonds. The summed E-state index contributed by atoms with van der Waals surface area (Å²) in [6.07, 6.45) is 2.74. The van der Waals surface area contributed by atoms with Crippen molar-refractivity contribution >= 4 is 0 Å². The molecule has 1 atom stereocenters. The lowest BCUT2D eigenvalue weighted by Crippen LogP contribution is -2.38. The molecule has 1 unspecified atom stereocenters. The summed E-state index contributed by atoms with van der Waals surface area (Å²) in [5.74, 6) is 0. The Morgan fingerprint density at radius 2 is 2.13 bits per heavy atom. The van der Waals surface area contributed by atoms with Gasteiger partial charge in [-0.1, -0.05) is 23.8 Å². The minimum atomic E-state index is 0.217. The molecule has 3 rings (SSSR count). The molecular formula is C13H18N2. The standard InChI is InChI=1S/C13H18N2/c1-9-2-3-10-7-15(11-4-5-11)8-13(14)12(10)6-9/h2-3,6,11,13H,4-5,7-8,14H2,1H3. The third kappa shape index (κ3) is 1.68. The van der Waals surface area contributed by atoms with E-state index >= 15 is 0 Å². The number of fused-ring (bicyclic) bond motifs is 1. The Kier molecular flexibility index (Phi) is 2.08. The minimum Gasteiger partial charge on any atom is -0.323 e. The maximum Gasteiger partial charge on any atom is 0.0427 e. The van der Waals surface area contributed by atoms with E-state index in [0.717, 1.165) is 19.1 Å². The first-order valence-corrected chi connectivity index (χ1v) is 5.83. The number of nitrogens with zero attached hydrogens (tertiary/aromatic N) is 1. The van der Waals surface area contributed by atoms with Crippen LogP contribution in [0.15, 0.2) is 18.2 Å². The van der Waals surface area contributed by atoms with Crippen LogP contribution >= 0.6 is 0 Å². The SMILES string of the molecule is Cc1ccc2c(c1)C(N)CN(C1CC1)C2. The molecule has 0 saturated heterocycles. The Morgan fingerprint density at radius 1 is 1.33 bits per heavy atom. The van der Waals surface area contributed by atoms with Crippen LogP contribution in [-0.4, -0.2) is 17.5 Å². The third-order valence-corrected chi connectivity index (χ3v) is 3.57. The summed E-state index contributed by atoms with van der Waals surface area (Å²) in [5.41, 5.74) is 10.4. The fraction of sp³-hybridized carbons (Fsp3) is 0.538. The van der Waals surface area contributed by atoms with Crippen LogP contribution in [0.3, 0.4) is 0 Å². The second kappa shape index (κ2) is 3.32. The zero-order valence-corrected chi connectivity index (χ0v) is 9.24. The van der Waals surface area contributed by atoms with E-state index in [4.69, 9.17) is 5.73 Å². The summed E-state index contributed by atoms with van der Waals surface area (Å²) in [6.45, 7) is 4.29. The molecule has 80 valence electrons. The lowest BCUT2D eigenvalue weighted by atomic mass is 9.94. The highest BCUT2D eigenvalue weighted by Crippen LogP contribution is 2.34. The molecule has 2 nitrogen and oxygen atoms in total. The highest BCUT2D eigenvalue weighted by Gasteiger charge is 2.33. The summed E-state index contributed by atoms with van der Waals surface area (Å²) >= 11 is 0. The van der Waals surface area contributed by atoms with Crippen molar-refractivity contribution in [2.75, 3.05) is 6.54 Å². The van der Waals surface area contributed by atoms with Crippen molar-refractivity contribution in [2.24, 2.45) is 5.73 Å². The van der Waals surface area contributed by atoms with Crippen molar-refractivity contribution < 1.29 is 0 Å². The minimum absolute atomic E-state index is 0.217. The van der Waals surface area contributed by atoms with Gasteiger partial charge >= 0.3 is 0 Å². The molecule has 1 aromatic carbocycles. The Labute approximate surface area is 91.1 Å². The molecule has 0 radical (unpaired) electrons. The van der Waals surface area contributed by atoms with Gasteiger partial charge in [-0.3, -0.25) is 4.90 Å². The van der Waals surface area contributed by atoms with E-state index in [9.17, 15) is 0 Å². The fourth-order valence-electron chi connectivity index (χ4n) is 2.56. The van der Waals surface area contributed by atoms with Crippen molar-refractivity contribution in [3.8, 4) is 0 Å². The molecule has 1 aliphatic heterocycles. The Hall–Kier alpha value is -0.860. The Bertz CT molecular complexity index is 382. The first kappa shape index (κ1) is 9.37. The third-order valence-electron chi connectivity index (χ3n) is 3.57. The number of benzene rings is 1. The van der Waals surface area contributed by atoms with E-state index in [0.29, 0.717) is 0 Å². The summed E-state index contributed by atoms with van der Waals surface area (Å²) in [5, 5.41) is 0. The van der Waals surface area contributed by atoms with Crippen LogP contribution in [-0.2, 0) is 6.54 Å². The van der Waals surface area contributed by atoms with E-state index in [1.807, 2.05) is 0 Å². The van der Waals surface area contributed by atoms with E-state index in [1.165, 1.54) is 29.5 Å². The van der Waals surface area contributed by atoms with Gasteiger partial charge in [-0.2, -0.15) is 0 Å². The van der Waals surface area contributed by atoms with Gasteiger partial charge in [0.2, 0.25) is 0 Å². The molecule has 1 heterocycles. The molecular weight excluding hydrogens is 184 g/mol. The fourth-order valence-corrected chi connectivity index (χ4v) is 2.56. The molecule has 2 N–H and O–H groups in total. The average Bonchev–Trinajstić information content (AvgIpc) is 3.02. The summed E-state index contributed by atoms with van der Waals surface area (Å²) in [4.78, 5) is 2.54. The smallest absolute Gasteiger partial charge is 0.0427 e. The van der Waals surface area contributed by atoms with Crippen LogP contribution in [0.4, 0.5) is 0 Å². The molecule has 2 heteroatoms. The molecule has 1 aromatic rings. The van der Waals surface area contributed by atoms with Crippen molar-refractivity contribution in [1.29, 1.82) is 0 Å². The zero-order valence-electron chi connectivity index (χ0n) is 9.24.